The fourth-order valence-corrected chi connectivity index (χ4v) is 2.48. The molecule has 0 spiro atoms. The van der Waals surface area contributed by atoms with Crippen LogP contribution in [0, 0.1) is 0 Å². The number of rotatable bonds is 0. The first kappa shape index (κ1) is 10.7. The number of hydrogen-bond acceptors (Lipinski definition) is 1. The van der Waals surface area contributed by atoms with E-state index in [1.807, 2.05) is 0 Å². The van der Waals surface area contributed by atoms with Crippen molar-refractivity contribution in [1.29, 1.82) is 0 Å². The predicted octanol–water partition coefficient (Wildman–Crippen LogP) is 4.08. The highest BCUT2D eigenvalue weighted by molar-refractivity contribution is 9.10. The lowest BCUT2D eigenvalue weighted by Crippen LogP contribution is -2.41. The summed E-state index contributed by atoms with van der Waals surface area (Å²) in [5, 5.41) is 0. The van der Waals surface area contributed by atoms with Crippen LogP contribution in [0.2, 0.25) is 0 Å². The lowest BCUT2D eigenvalue weighted by atomic mass is 9.89. The van der Waals surface area contributed by atoms with Crippen molar-refractivity contribution in [3.05, 3.63) is 34.3 Å². The summed E-state index contributed by atoms with van der Waals surface area (Å²) in [7, 11) is 2.15. The molecule has 1 aromatic rings. The maximum Gasteiger partial charge on any atom is 0.0531 e. The second-order valence-electron chi connectivity index (χ2n) is 4.70. The van der Waals surface area contributed by atoms with E-state index in [-0.39, 0.29) is 5.54 Å². The molecule has 0 aliphatic carbocycles. The summed E-state index contributed by atoms with van der Waals surface area (Å²) in [6.07, 6.45) is 2.32. The molecule has 80 valence electrons. The van der Waals surface area contributed by atoms with Gasteiger partial charge in [-0.1, -0.05) is 28.1 Å². The zero-order chi connectivity index (χ0) is 11.2. The van der Waals surface area contributed by atoms with Crippen molar-refractivity contribution < 1.29 is 0 Å². The summed E-state index contributed by atoms with van der Waals surface area (Å²) in [5.74, 6) is 0. The molecule has 15 heavy (non-hydrogen) atoms. The monoisotopic (exact) mass is 265 g/mol. The maximum atomic E-state index is 3.53. The van der Waals surface area contributed by atoms with E-state index >= 15 is 0 Å². The third-order valence-electron chi connectivity index (χ3n) is 3.18. The lowest BCUT2D eigenvalue weighted by molar-refractivity contribution is 0.597. The van der Waals surface area contributed by atoms with Gasteiger partial charge in [-0.3, -0.25) is 0 Å². The molecular formula is C13H16BrN. The zero-order valence-corrected chi connectivity index (χ0v) is 11.2. The Morgan fingerprint density at radius 2 is 1.93 bits per heavy atom. The zero-order valence-electron chi connectivity index (χ0n) is 9.63. The van der Waals surface area contributed by atoms with Crippen molar-refractivity contribution >= 4 is 27.2 Å². The third kappa shape index (κ3) is 1.71. The van der Waals surface area contributed by atoms with E-state index in [9.17, 15) is 0 Å². The van der Waals surface area contributed by atoms with Gasteiger partial charge in [0.15, 0.2) is 0 Å². The second kappa shape index (κ2) is 3.38. The van der Waals surface area contributed by atoms with Gasteiger partial charge in [-0.15, -0.1) is 0 Å². The minimum atomic E-state index is 0.0951. The van der Waals surface area contributed by atoms with Gasteiger partial charge in [0.25, 0.3) is 0 Å². The molecule has 0 saturated carbocycles. The van der Waals surface area contributed by atoms with E-state index in [1.165, 1.54) is 16.8 Å². The molecule has 2 heteroatoms. The van der Waals surface area contributed by atoms with Gasteiger partial charge in [0.2, 0.25) is 0 Å². The average molecular weight is 266 g/mol. The molecule has 0 unspecified atom stereocenters. The van der Waals surface area contributed by atoms with Gasteiger partial charge in [0.05, 0.1) is 5.54 Å². The van der Waals surface area contributed by atoms with Gasteiger partial charge in [0, 0.05) is 22.8 Å². The van der Waals surface area contributed by atoms with Crippen LogP contribution in [0.4, 0.5) is 5.69 Å². The number of halogens is 1. The van der Waals surface area contributed by atoms with Crippen LogP contribution in [0.5, 0.6) is 0 Å². The van der Waals surface area contributed by atoms with Gasteiger partial charge >= 0.3 is 0 Å². The average Bonchev–Trinajstić information content (AvgIpc) is 2.13. The van der Waals surface area contributed by atoms with E-state index in [0.29, 0.717) is 0 Å². The van der Waals surface area contributed by atoms with Crippen LogP contribution in [-0.4, -0.2) is 12.6 Å². The molecule has 1 aromatic carbocycles. The first-order valence-corrected chi connectivity index (χ1v) is 5.94. The Morgan fingerprint density at radius 3 is 2.60 bits per heavy atom. The van der Waals surface area contributed by atoms with Crippen molar-refractivity contribution in [3.8, 4) is 0 Å². The van der Waals surface area contributed by atoms with Gasteiger partial charge in [-0.25, -0.2) is 0 Å². The van der Waals surface area contributed by atoms with Gasteiger partial charge in [-0.2, -0.15) is 0 Å². The van der Waals surface area contributed by atoms with E-state index < -0.39 is 0 Å². The molecule has 0 saturated heterocycles. The largest absolute Gasteiger partial charge is 0.365 e. The fourth-order valence-electron chi connectivity index (χ4n) is 2.13. The normalized spacial score (nSPS) is 18.5. The highest BCUT2D eigenvalue weighted by Crippen LogP contribution is 2.38. The number of benzene rings is 1. The van der Waals surface area contributed by atoms with Crippen LogP contribution in [0.3, 0.4) is 0 Å². The van der Waals surface area contributed by atoms with Crippen LogP contribution < -0.4 is 4.90 Å². The van der Waals surface area contributed by atoms with Crippen LogP contribution in [0.25, 0.3) is 5.57 Å². The topological polar surface area (TPSA) is 3.24 Å². The third-order valence-corrected chi connectivity index (χ3v) is 3.67. The standard InChI is InChI=1S/C13H16BrN/c1-9-8-13(2,3)15(4)12-7-10(14)5-6-11(9)12/h5-8H,1-4H3. The Bertz CT molecular complexity index is 432. The summed E-state index contributed by atoms with van der Waals surface area (Å²) >= 11 is 3.53. The molecule has 2 rings (SSSR count). The summed E-state index contributed by atoms with van der Waals surface area (Å²) in [5.41, 5.74) is 4.09. The molecule has 1 heterocycles. The summed E-state index contributed by atoms with van der Waals surface area (Å²) < 4.78 is 1.14. The highest BCUT2D eigenvalue weighted by atomic mass is 79.9. The Balaban J connectivity index is 2.65. The molecule has 0 amide bonds. The minimum absolute atomic E-state index is 0.0951. The number of hydrogen-bond donors (Lipinski definition) is 0. The molecule has 0 atom stereocenters. The SMILES string of the molecule is CC1=CC(C)(C)N(C)c2cc(Br)ccc21. The fraction of sp³-hybridized carbons (Fsp3) is 0.385. The number of allylic oxidation sites excluding steroid dienone is 1. The Hall–Kier alpha value is -0.760. The van der Waals surface area contributed by atoms with E-state index in [1.54, 1.807) is 0 Å². The van der Waals surface area contributed by atoms with Gasteiger partial charge < -0.3 is 4.90 Å². The van der Waals surface area contributed by atoms with E-state index in [2.05, 4.69) is 72.9 Å². The molecule has 0 bridgehead atoms. The van der Waals surface area contributed by atoms with E-state index in [0.717, 1.165) is 4.47 Å². The van der Waals surface area contributed by atoms with Crippen LogP contribution >= 0.6 is 15.9 Å². The van der Waals surface area contributed by atoms with E-state index in [4.69, 9.17) is 0 Å². The van der Waals surface area contributed by atoms with Crippen molar-refractivity contribution in [3.63, 3.8) is 0 Å². The molecule has 0 N–H and O–H groups in total. The number of fused-ring (bicyclic) bond motifs is 1. The molecule has 1 nitrogen and oxygen atoms in total. The van der Waals surface area contributed by atoms with Crippen LogP contribution in [-0.2, 0) is 0 Å². The number of likely N-dealkylation sites (N-methyl/N-ethyl adjacent to an activating group) is 1. The molecular weight excluding hydrogens is 250 g/mol. The van der Waals surface area contributed by atoms with Gasteiger partial charge in [0.1, 0.15) is 0 Å². The quantitative estimate of drug-likeness (QED) is 0.684. The number of anilines is 1. The van der Waals surface area contributed by atoms with Crippen LogP contribution in [0.15, 0.2) is 28.7 Å². The minimum Gasteiger partial charge on any atom is -0.365 e. The highest BCUT2D eigenvalue weighted by Gasteiger charge is 2.28. The number of nitrogens with zero attached hydrogens (tertiary/aromatic N) is 1. The van der Waals surface area contributed by atoms with Gasteiger partial charge in [-0.05, 0) is 38.5 Å². The maximum absolute atomic E-state index is 3.53. The smallest absolute Gasteiger partial charge is 0.0531 e. The second-order valence-corrected chi connectivity index (χ2v) is 5.62. The summed E-state index contributed by atoms with van der Waals surface area (Å²) in [6.45, 7) is 6.65. The lowest BCUT2D eigenvalue weighted by Gasteiger charge is -2.40. The molecule has 0 fully saturated rings. The van der Waals surface area contributed by atoms with Crippen molar-refractivity contribution in [2.75, 3.05) is 11.9 Å². The summed E-state index contributed by atoms with van der Waals surface area (Å²) in [6, 6.07) is 6.47. The summed E-state index contributed by atoms with van der Waals surface area (Å²) in [4.78, 5) is 2.32. The van der Waals surface area contributed by atoms with Crippen molar-refractivity contribution in [2.45, 2.75) is 26.3 Å². The van der Waals surface area contributed by atoms with Crippen molar-refractivity contribution in [1.82, 2.24) is 0 Å². The molecule has 0 aromatic heterocycles. The molecule has 1 aliphatic rings. The predicted molar refractivity (Wildman–Crippen MR) is 70.3 cm³/mol. The molecule has 0 radical (unpaired) electrons. The Labute approximate surface area is 99.9 Å². The first-order valence-electron chi connectivity index (χ1n) is 5.15. The first-order chi connectivity index (χ1) is 6.92. The Morgan fingerprint density at radius 1 is 1.27 bits per heavy atom. The Kier molecular flexibility index (Phi) is 2.42. The van der Waals surface area contributed by atoms with Crippen molar-refractivity contribution in [2.24, 2.45) is 0 Å². The van der Waals surface area contributed by atoms with Crippen LogP contribution in [0.1, 0.15) is 26.3 Å². The molecule has 1 aliphatic heterocycles.